The third kappa shape index (κ3) is 7.92. The molecule has 0 aliphatic carbocycles. The van der Waals surface area contributed by atoms with Crippen molar-refractivity contribution in [2.75, 3.05) is 33.7 Å². The first kappa shape index (κ1) is 18.6. The van der Waals surface area contributed by atoms with E-state index in [-0.39, 0.29) is 6.54 Å². The summed E-state index contributed by atoms with van der Waals surface area (Å²) in [5.41, 5.74) is 0. The van der Waals surface area contributed by atoms with Crippen LogP contribution in [0.1, 0.15) is 13.8 Å². The number of rotatable bonds is 8. The van der Waals surface area contributed by atoms with E-state index in [0.29, 0.717) is 10.8 Å². The highest BCUT2D eigenvalue weighted by Crippen LogP contribution is 2.00. The van der Waals surface area contributed by atoms with Gasteiger partial charge in [-0.15, -0.1) is 0 Å². The predicted octanol–water partition coefficient (Wildman–Crippen LogP) is -0.686. The number of likely N-dealkylation sites (N-methyl/N-ethyl adjacent to an activating group) is 1. The van der Waals surface area contributed by atoms with Gasteiger partial charge in [0.05, 0.1) is 6.10 Å². The molecule has 0 aromatic rings. The third-order valence-corrected chi connectivity index (χ3v) is 3.42. The van der Waals surface area contributed by atoms with E-state index in [9.17, 15) is 18.0 Å². The number of hydrogen-bond acceptors (Lipinski definition) is 6. The number of carboxylic acids is 1. The smallest absolute Gasteiger partial charge is 0.422 e. The van der Waals surface area contributed by atoms with Gasteiger partial charge in [-0.1, -0.05) is 0 Å². The van der Waals surface area contributed by atoms with E-state index in [2.05, 4.69) is 4.74 Å². The van der Waals surface area contributed by atoms with Gasteiger partial charge in [0.15, 0.2) is 0 Å². The van der Waals surface area contributed by atoms with Crippen LogP contribution in [0.5, 0.6) is 0 Å². The molecule has 118 valence electrons. The summed E-state index contributed by atoms with van der Waals surface area (Å²) in [6.07, 6.45) is -1.62. The lowest BCUT2D eigenvalue weighted by Gasteiger charge is -2.22. The Hall–Kier alpha value is -1.39. The van der Waals surface area contributed by atoms with Gasteiger partial charge in [-0.05, 0) is 27.9 Å². The van der Waals surface area contributed by atoms with E-state index in [0.717, 1.165) is 0 Å². The van der Waals surface area contributed by atoms with E-state index in [4.69, 9.17) is 5.11 Å². The molecule has 9 nitrogen and oxygen atoms in total. The fourth-order valence-corrected chi connectivity index (χ4v) is 2.14. The van der Waals surface area contributed by atoms with Crippen LogP contribution in [-0.4, -0.2) is 74.6 Å². The van der Waals surface area contributed by atoms with E-state index in [1.807, 2.05) is 0 Å². The number of carbonyl (C=O) groups is 2. The van der Waals surface area contributed by atoms with E-state index in [1.165, 1.54) is 0 Å². The summed E-state index contributed by atoms with van der Waals surface area (Å²) < 4.78 is 30.8. The monoisotopic (exact) mass is 311 g/mol. The summed E-state index contributed by atoms with van der Waals surface area (Å²) in [7, 11) is -0.828. The number of amides is 1. The van der Waals surface area contributed by atoms with Crippen LogP contribution in [0.2, 0.25) is 0 Å². The molecule has 2 N–H and O–H groups in total. The normalized spacial score (nSPS) is 11.9. The lowest BCUT2D eigenvalue weighted by atomic mass is 10.5. The molecule has 20 heavy (non-hydrogen) atoms. The first-order valence-corrected chi connectivity index (χ1v) is 7.33. The Morgan fingerprint density at radius 3 is 2.20 bits per heavy atom. The molecule has 0 saturated heterocycles. The van der Waals surface area contributed by atoms with Crippen molar-refractivity contribution < 1.29 is 27.9 Å². The zero-order chi connectivity index (χ0) is 15.9. The van der Waals surface area contributed by atoms with E-state index >= 15 is 0 Å². The molecule has 1 amide bonds. The van der Waals surface area contributed by atoms with Crippen LogP contribution in [0.4, 0.5) is 4.79 Å². The molecule has 0 atom stereocenters. The van der Waals surface area contributed by atoms with Gasteiger partial charge in [0, 0.05) is 13.1 Å². The number of nitrogens with one attached hydrogen (secondary N) is 1. The molecule has 0 fully saturated rings. The Bertz CT molecular complexity index is 434. The number of nitrogens with zero attached hydrogens (tertiary/aromatic N) is 2. The number of hydrogen-bond donors (Lipinski definition) is 2. The molecule has 0 spiro atoms. The fourth-order valence-electron chi connectivity index (χ4n) is 1.15. The molecule has 10 heteroatoms. The van der Waals surface area contributed by atoms with Gasteiger partial charge in [-0.25, -0.2) is 9.52 Å². The predicted molar refractivity (Wildman–Crippen MR) is 71.4 cm³/mol. The van der Waals surface area contributed by atoms with Crippen LogP contribution in [0.3, 0.4) is 0 Å². The van der Waals surface area contributed by atoms with Gasteiger partial charge in [0.2, 0.25) is 0 Å². The summed E-state index contributed by atoms with van der Waals surface area (Å²) in [6, 6.07) is 0. The zero-order valence-electron chi connectivity index (χ0n) is 12.0. The van der Waals surface area contributed by atoms with Crippen molar-refractivity contribution in [3.05, 3.63) is 0 Å². The summed E-state index contributed by atoms with van der Waals surface area (Å²) >= 11 is 0. The Morgan fingerprint density at radius 2 is 1.80 bits per heavy atom. The summed E-state index contributed by atoms with van der Waals surface area (Å²) in [4.78, 5) is 23.7. The topological polar surface area (TPSA) is 116 Å². The number of ether oxygens (including phenoxy) is 1. The van der Waals surface area contributed by atoms with Crippen molar-refractivity contribution in [2.24, 2.45) is 0 Å². The molecule has 0 aromatic carbocycles. The Balaban J connectivity index is 4.84. The van der Waals surface area contributed by atoms with Gasteiger partial charge < -0.3 is 14.7 Å². The third-order valence-electron chi connectivity index (χ3n) is 2.00. The number of carbonyl (C=O) groups excluding carboxylic acids is 1. The molecular weight excluding hydrogens is 290 g/mol. The van der Waals surface area contributed by atoms with Crippen LogP contribution in [-0.2, 0) is 19.7 Å². The number of aliphatic carboxylic acids is 1. The molecule has 0 aromatic heterocycles. The molecule has 0 aliphatic rings. The lowest BCUT2D eigenvalue weighted by Crippen LogP contribution is -2.48. The van der Waals surface area contributed by atoms with Crippen molar-refractivity contribution in [3.8, 4) is 0 Å². The van der Waals surface area contributed by atoms with Crippen LogP contribution in [0.15, 0.2) is 0 Å². The Morgan fingerprint density at radius 1 is 1.25 bits per heavy atom. The highest BCUT2D eigenvalue weighted by atomic mass is 32.2. The van der Waals surface area contributed by atoms with Crippen molar-refractivity contribution >= 4 is 22.3 Å². The minimum Gasteiger partial charge on any atom is -0.480 e. The van der Waals surface area contributed by atoms with Gasteiger partial charge in [-0.3, -0.25) is 4.79 Å². The molecule has 0 bridgehead atoms. The quantitative estimate of drug-likeness (QED) is 0.609. The zero-order valence-corrected chi connectivity index (χ0v) is 12.8. The average molecular weight is 311 g/mol. The molecule has 0 radical (unpaired) electrons. The molecule has 0 rings (SSSR count). The number of carboxylic acid groups (broad SMARTS) is 1. The Labute approximate surface area is 118 Å². The van der Waals surface area contributed by atoms with E-state index in [1.54, 1.807) is 37.6 Å². The summed E-state index contributed by atoms with van der Waals surface area (Å²) in [6.45, 7) is 2.63. The highest BCUT2D eigenvalue weighted by molar-refractivity contribution is 7.87. The SMILES string of the molecule is CC(C)OC(=O)NS(=O)(=O)N(CCN(C)C)CC(=O)O. The second-order valence-corrected chi connectivity index (χ2v) is 6.26. The first-order chi connectivity index (χ1) is 9.04. The maximum atomic E-state index is 11.9. The second-order valence-electron chi connectivity index (χ2n) is 4.59. The van der Waals surface area contributed by atoms with Gasteiger partial charge >= 0.3 is 22.3 Å². The van der Waals surface area contributed by atoms with Gasteiger partial charge in [-0.2, -0.15) is 12.7 Å². The van der Waals surface area contributed by atoms with Crippen LogP contribution in [0, 0.1) is 0 Å². The molecular formula is C10H21N3O6S. The van der Waals surface area contributed by atoms with Crippen molar-refractivity contribution in [1.82, 2.24) is 13.9 Å². The minimum atomic E-state index is -4.26. The van der Waals surface area contributed by atoms with Gasteiger partial charge in [0.25, 0.3) is 0 Å². The summed E-state index contributed by atoms with van der Waals surface area (Å²) in [5, 5.41) is 8.73. The van der Waals surface area contributed by atoms with Crippen molar-refractivity contribution in [1.29, 1.82) is 0 Å². The standard InChI is InChI=1S/C10H21N3O6S/c1-8(2)19-10(16)11-20(17,18)13(7-9(14)15)6-5-12(3)4/h8H,5-7H2,1-4H3,(H,11,16)(H,14,15). The fraction of sp³-hybridized carbons (Fsp3) is 0.800. The maximum absolute atomic E-state index is 11.9. The van der Waals surface area contributed by atoms with E-state index < -0.39 is 34.9 Å². The van der Waals surface area contributed by atoms with Gasteiger partial charge in [0.1, 0.15) is 6.54 Å². The first-order valence-electron chi connectivity index (χ1n) is 5.89. The molecule has 0 heterocycles. The molecule has 0 aliphatic heterocycles. The highest BCUT2D eigenvalue weighted by Gasteiger charge is 2.27. The minimum absolute atomic E-state index is 0.0659. The molecule has 0 saturated carbocycles. The van der Waals surface area contributed by atoms with Crippen molar-refractivity contribution in [2.45, 2.75) is 20.0 Å². The average Bonchev–Trinajstić information content (AvgIpc) is 2.20. The lowest BCUT2D eigenvalue weighted by molar-refractivity contribution is -0.137. The van der Waals surface area contributed by atoms with Crippen LogP contribution in [0.25, 0.3) is 0 Å². The largest absolute Gasteiger partial charge is 0.480 e. The second kappa shape index (κ2) is 8.02. The van der Waals surface area contributed by atoms with Crippen LogP contribution < -0.4 is 4.72 Å². The van der Waals surface area contributed by atoms with Crippen LogP contribution >= 0.6 is 0 Å². The molecule has 0 unspecified atom stereocenters. The Kier molecular flexibility index (Phi) is 7.46. The van der Waals surface area contributed by atoms with Crippen molar-refractivity contribution in [3.63, 3.8) is 0 Å². The summed E-state index contributed by atoms with van der Waals surface area (Å²) in [5.74, 6) is -1.31. The maximum Gasteiger partial charge on any atom is 0.422 e.